The first kappa shape index (κ1) is 22.6. The lowest BCUT2D eigenvalue weighted by Gasteiger charge is -2.59. The van der Waals surface area contributed by atoms with E-state index in [1.165, 1.54) is 14.0 Å². The van der Waals surface area contributed by atoms with Crippen LogP contribution in [0.15, 0.2) is 16.7 Å². The van der Waals surface area contributed by atoms with Crippen molar-refractivity contribution in [2.45, 2.75) is 65.7 Å². The molecule has 0 amide bonds. The molecule has 5 atom stereocenters. The molecular formula is C24H34O6. The zero-order chi connectivity index (χ0) is 21.9. The van der Waals surface area contributed by atoms with Crippen molar-refractivity contribution < 1.29 is 28.3 Å². The fourth-order valence-corrected chi connectivity index (χ4v) is 6.56. The summed E-state index contributed by atoms with van der Waals surface area (Å²) in [6.07, 6.45) is 8.59. The number of fused-ring (bicyclic) bond motifs is 1. The summed E-state index contributed by atoms with van der Waals surface area (Å²) in [5.74, 6) is 0.735. The van der Waals surface area contributed by atoms with Gasteiger partial charge in [-0.25, -0.2) is 0 Å². The number of hydrogen-bond acceptors (Lipinski definition) is 6. The molecule has 3 rings (SSSR count). The van der Waals surface area contributed by atoms with E-state index < -0.39 is 5.41 Å². The topological polar surface area (TPSA) is 82.8 Å². The highest BCUT2D eigenvalue weighted by atomic mass is 16.5. The largest absolute Gasteiger partial charge is 0.469 e. The first-order chi connectivity index (χ1) is 14.3. The Morgan fingerprint density at radius 3 is 2.70 bits per heavy atom. The number of ether oxygens (including phenoxy) is 2. The number of aryl methyl sites for hydroxylation is 1. The minimum Gasteiger partial charge on any atom is -0.469 e. The van der Waals surface area contributed by atoms with Crippen LogP contribution in [0.1, 0.15) is 75.4 Å². The van der Waals surface area contributed by atoms with Gasteiger partial charge in [0.05, 0.1) is 25.4 Å². The van der Waals surface area contributed by atoms with Crippen molar-refractivity contribution in [3.8, 4) is 0 Å². The van der Waals surface area contributed by atoms with Gasteiger partial charge in [0.1, 0.15) is 0 Å². The van der Waals surface area contributed by atoms with Gasteiger partial charge in [-0.05, 0) is 74.7 Å². The second kappa shape index (κ2) is 8.94. The normalized spacial score (nSPS) is 33.4. The van der Waals surface area contributed by atoms with Crippen molar-refractivity contribution >= 4 is 18.2 Å². The summed E-state index contributed by atoms with van der Waals surface area (Å²) in [5, 5.41) is 0. The molecule has 0 aromatic carbocycles. The molecule has 0 spiro atoms. The highest BCUT2D eigenvalue weighted by Crippen LogP contribution is 2.62. The smallest absolute Gasteiger partial charge is 0.311 e. The second-order valence-corrected chi connectivity index (χ2v) is 9.53. The Balaban J connectivity index is 1.90. The Hall–Kier alpha value is -2.11. The van der Waals surface area contributed by atoms with Crippen LogP contribution in [0.5, 0.6) is 0 Å². The number of esters is 2. The first-order valence-electron chi connectivity index (χ1n) is 11.0. The van der Waals surface area contributed by atoms with Gasteiger partial charge in [0.2, 0.25) is 0 Å². The van der Waals surface area contributed by atoms with E-state index in [1.54, 1.807) is 6.26 Å². The highest BCUT2D eigenvalue weighted by molar-refractivity contribution is 5.77. The van der Waals surface area contributed by atoms with Gasteiger partial charge in [-0.2, -0.15) is 0 Å². The van der Waals surface area contributed by atoms with E-state index in [0.717, 1.165) is 56.8 Å². The molecule has 6 heteroatoms. The summed E-state index contributed by atoms with van der Waals surface area (Å²) in [4.78, 5) is 35.5. The van der Waals surface area contributed by atoms with Gasteiger partial charge < -0.3 is 13.9 Å². The van der Waals surface area contributed by atoms with Crippen molar-refractivity contribution in [2.75, 3.05) is 13.7 Å². The fraction of sp³-hybridized carbons (Fsp3) is 0.708. The SMILES string of the molecule is COC(=O)[C@]1(C)CCC[C@]2(C)[C@H](CCc3ccoc3C=O)[C@@H](COC(C)=O)CC[C@@H]21. The second-order valence-electron chi connectivity index (χ2n) is 9.53. The molecule has 1 aromatic rings. The van der Waals surface area contributed by atoms with E-state index >= 15 is 0 Å². The quantitative estimate of drug-likeness (QED) is 0.475. The zero-order valence-electron chi connectivity index (χ0n) is 18.6. The van der Waals surface area contributed by atoms with Crippen LogP contribution in [0.25, 0.3) is 0 Å². The lowest BCUT2D eigenvalue weighted by Crippen LogP contribution is -2.55. The van der Waals surface area contributed by atoms with Gasteiger partial charge in [0.25, 0.3) is 0 Å². The standard InChI is InChI=1S/C24H34O6/c1-16(26)30-15-18-7-9-21-23(2,11-5-12-24(21,3)22(27)28-4)19(18)8-6-17-10-13-29-20(17)14-25/h10,13-14,18-19,21H,5-9,11-12,15H2,1-4H3/t18-,19-,21+,23-,24-/m1/s1. The highest BCUT2D eigenvalue weighted by Gasteiger charge is 2.58. The maximum atomic E-state index is 12.8. The summed E-state index contributed by atoms with van der Waals surface area (Å²) in [6, 6.07) is 1.85. The van der Waals surface area contributed by atoms with Crippen molar-refractivity contribution in [3.05, 3.63) is 23.7 Å². The molecule has 2 fully saturated rings. The van der Waals surface area contributed by atoms with Crippen LogP contribution in [-0.2, 0) is 25.5 Å². The molecule has 0 aliphatic heterocycles. The summed E-state index contributed by atoms with van der Waals surface area (Å²) in [5.41, 5.74) is 0.360. The van der Waals surface area contributed by atoms with Gasteiger partial charge in [-0.3, -0.25) is 14.4 Å². The van der Waals surface area contributed by atoms with E-state index in [2.05, 4.69) is 13.8 Å². The Morgan fingerprint density at radius 2 is 2.03 bits per heavy atom. The molecule has 2 saturated carbocycles. The third-order valence-corrected chi connectivity index (χ3v) is 7.98. The van der Waals surface area contributed by atoms with Crippen LogP contribution in [0.2, 0.25) is 0 Å². The third kappa shape index (κ3) is 4.06. The molecule has 30 heavy (non-hydrogen) atoms. The zero-order valence-corrected chi connectivity index (χ0v) is 18.6. The van der Waals surface area contributed by atoms with Crippen molar-refractivity contribution in [1.29, 1.82) is 0 Å². The molecule has 1 heterocycles. The monoisotopic (exact) mass is 418 g/mol. The number of rotatable bonds is 7. The maximum absolute atomic E-state index is 12.8. The molecule has 0 bridgehead atoms. The van der Waals surface area contributed by atoms with Crippen molar-refractivity contribution in [1.82, 2.24) is 0 Å². The van der Waals surface area contributed by atoms with Crippen LogP contribution in [0.3, 0.4) is 0 Å². The van der Waals surface area contributed by atoms with Crippen LogP contribution in [0.4, 0.5) is 0 Å². The van der Waals surface area contributed by atoms with E-state index in [1.807, 2.05) is 6.07 Å². The number of furan rings is 1. The lowest BCUT2D eigenvalue weighted by molar-refractivity contribution is -0.176. The Morgan fingerprint density at radius 1 is 1.27 bits per heavy atom. The van der Waals surface area contributed by atoms with Crippen LogP contribution < -0.4 is 0 Å². The third-order valence-electron chi connectivity index (χ3n) is 7.98. The molecule has 0 unspecified atom stereocenters. The molecule has 166 valence electrons. The van der Waals surface area contributed by atoms with Crippen molar-refractivity contribution in [3.63, 3.8) is 0 Å². The molecule has 6 nitrogen and oxygen atoms in total. The maximum Gasteiger partial charge on any atom is 0.311 e. The average molecular weight is 419 g/mol. The van der Waals surface area contributed by atoms with E-state index in [0.29, 0.717) is 12.4 Å². The van der Waals surface area contributed by atoms with Gasteiger partial charge in [0, 0.05) is 12.5 Å². The van der Waals surface area contributed by atoms with E-state index in [9.17, 15) is 14.4 Å². The predicted molar refractivity (Wildman–Crippen MR) is 111 cm³/mol. The minimum absolute atomic E-state index is 0.0602. The molecule has 1 aromatic heterocycles. The van der Waals surface area contributed by atoms with Crippen LogP contribution in [0, 0.1) is 28.6 Å². The average Bonchev–Trinajstić information content (AvgIpc) is 3.17. The van der Waals surface area contributed by atoms with Gasteiger partial charge >= 0.3 is 11.9 Å². The number of hydrogen-bond donors (Lipinski definition) is 0. The molecular weight excluding hydrogens is 384 g/mol. The molecule has 0 radical (unpaired) electrons. The fourth-order valence-electron chi connectivity index (χ4n) is 6.56. The first-order valence-corrected chi connectivity index (χ1v) is 11.0. The van der Waals surface area contributed by atoms with Crippen molar-refractivity contribution in [2.24, 2.45) is 28.6 Å². The van der Waals surface area contributed by atoms with Crippen LogP contribution in [-0.4, -0.2) is 31.9 Å². The molecule has 2 aliphatic rings. The molecule has 0 saturated heterocycles. The van der Waals surface area contributed by atoms with Gasteiger partial charge in [0.15, 0.2) is 12.0 Å². The summed E-state index contributed by atoms with van der Waals surface area (Å²) in [6.45, 7) is 6.21. The Labute approximate surface area is 178 Å². The van der Waals surface area contributed by atoms with Crippen LogP contribution >= 0.6 is 0 Å². The number of aldehydes is 1. The summed E-state index contributed by atoms with van der Waals surface area (Å²) < 4.78 is 15.9. The predicted octanol–water partition coefficient (Wildman–Crippen LogP) is 4.60. The number of methoxy groups -OCH3 is 1. The number of carbonyl (C=O) groups is 3. The van der Waals surface area contributed by atoms with Gasteiger partial charge in [-0.1, -0.05) is 13.3 Å². The Bertz CT molecular complexity index is 782. The minimum atomic E-state index is -0.490. The van der Waals surface area contributed by atoms with E-state index in [-0.39, 0.29) is 35.1 Å². The van der Waals surface area contributed by atoms with E-state index in [4.69, 9.17) is 13.9 Å². The number of carbonyl (C=O) groups excluding carboxylic acids is 3. The molecule has 2 aliphatic carbocycles. The Kier molecular flexibility index (Phi) is 6.73. The summed E-state index contributed by atoms with van der Waals surface area (Å²) in [7, 11) is 1.48. The summed E-state index contributed by atoms with van der Waals surface area (Å²) >= 11 is 0. The lowest BCUT2D eigenvalue weighted by atomic mass is 9.45. The van der Waals surface area contributed by atoms with Gasteiger partial charge in [-0.15, -0.1) is 0 Å². The molecule has 0 N–H and O–H groups in total.